The van der Waals surface area contributed by atoms with Gasteiger partial charge in [0.15, 0.2) is 11.5 Å². The molecule has 0 unspecified atom stereocenters. The highest BCUT2D eigenvalue weighted by Gasteiger charge is 2.12. The van der Waals surface area contributed by atoms with Gasteiger partial charge < -0.3 is 19.5 Å². The smallest absolute Gasteiger partial charge is 0.161 e. The quantitative estimate of drug-likeness (QED) is 0.394. The van der Waals surface area contributed by atoms with Crippen LogP contribution in [0.1, 0.15) is 22.5 Å². The fourth-order valence-electron chi connectivity index (χ4n) is 3.19. The van der Waals surface area contributed by atoms with Gasteiger partial charge in [0.05, 0.1) is 37.7 Å². The summed E-state index contributed by atoms with van der Waals surface area (Å²) < 4.78 is 12.7. The largest absolute Gasteiger partial charge is 0.493 e. The molecule has 29 heavy (non-hydrogen) atoms. The van der Waals surface area contributed by atoms with Crippen molar-refractivity contribution in [3.8, 4) is 17.2 Å². The second-order valence-electron chi connectivity index (χ2n) is 6.54. The van der Waals surface area contributed by atoms with E-state index in [1.54, 1.807) is 20.3 Å². The third-order valence-electron chi connectivity index (χ3n) is 4.65. The maximum absolute atomic E-state index is 6.39. The Morgan fingerprint density at radius 3 is 2.45 bits per heavy atom. The molecule has 0 spiro atoms. The van der Waals surface area contributed by atoms with E-state index in [0.29, 0.717) is 28.1 Å². The summed E-state index contributed by atoms with van der Waals surface area (Å²) in [6.45, 7) is 4.64. The van der Waals surface area contributed by atoms with E-state index in [1.165, 1.54) is 0 Å². The number of hydrogen-bond donors (Lipinski definition) is 1. The lowest BCUT2D eigenvalue weighted by Crippen LogP contribution is -2.06. The van der Waals surface area contributed by atoms with Crippen LogP contribution >= 0.6 is 23.2 Å². The average molecular weight is 432 g/mol. The molecule has 5 nitrogen and oxygen atoms in total. The maximum atomic E-state index is 6.39. The monoisotopic (exact) mass is 431 g/mol. The molecule has 1 aromatic heterocycles. The lowest BCUT2D eigenvalue weighted by atomic mass is 10.2. The minimum atomic E-state index is 0.568. The molecule has 0 saturated heterocycles. The van der Waals surface area contributed by atoms with Crippen molar-refractivity contribution in [2.75, 3.05) is 14.2 Å². The fraction of sp³-hybridized carbons (Fsp3) is 0.227. The summed E-state index contributed by atoms with van der Waals surface area (Å²) >= 11 is 12.4. The van der Waals surface area contributed by atoms with E-state index in [0.717, 1.165) is 28.2 Å². The van der Waals surface area contributed by atoms with Crippen molar-refractivity contribution in [1.82, 2.24) is 9.99 Å². The van der Waals surface area contributed by atoms with E-state index in [9.17, 15) is 0 Å². The van der Waals surface area contributed by atoms with Crippen LogP contribution in [0.3, 0.4) is 0 Å². The van der Waals surface area contributed by atoms with Gasteiger partial charge in [0, 0.05) is 22.0 Å². The zero-order chi connectivity index (χ0) is 21.0. The molecule has 152 valence electrons. The molecule has 0 aliphatic carbocycles. The van der Waals surface area contributed by atoms with E-state index in [-0.39, 0.29) is 0 Å². The fourth-order valence-corrected chi connectivity index (χ4v) is 3.69. The van der Waals surface area contributed by atoms with Crippen LogP contribution in [0.4, 0.5) is 0 Å². The second kappa shape index (κ2) is 9.25. The number of nitrogens with zero attached hydrogens (tertiary/aromatic N) is 2. The van der Waals surface area contributed by atoms with Crippen LogP contribution < -0.4 is 14.9 Å². The Labute approximate surface area is 180 Å². The minimum Gasteiger partial charge on any atom is -0.493 e. The first kappa shape index (κ1) is 21.1. The van der Waals surface area contributed by atoms with Crippen LogP contribution in [0.15, 0.2) is 47.6 Å². The molecular formula is C22H23Cl2N3O2. The van der Waals surface area contributed by atoms with Gasteiger partial charge in [-0.15, -0.1) is 0 Å². The maximum Gasteiger partial charge on any atom is 0.161 e. The summed E-state index contributed by atoms with van der Waals surface area (Å²) in [5.41, 5.74) is 8.12. The van der Waals surface area contributed by atoms with Gasteiger partial charge in [0.2, 0.25) is 0 Å². The highest BCUT2D eigenvalue weighted by molar-refractivity contribution is 6.35. The number of nitrogens with one attached hydrogen (secondary N) is 1. The second-order valence-corrected chi connectivity index (χ2v) is 7.38. The zero-order valence-electron chi connectivity index (χ0n) is 16.8. The SMILES string of the molecule is COc1ccc(CN/N=C/c2cc(C)n(-c3ccc(Cl)cc3Cl)c2C)cc1OC. The van der Waals surface area contributed by atoms with Crippen LogP contribution in [-0.4, -0.2) is 25.0 Å². The molecule has 0 radical (unpaired) electrons. The van der Waals surface area contributed by atoms with Crippen LogP contribution in [0, 0.1) is 13.8 Å². The Morgan fingerprint density at radius 2 is 1.76 bits per heavy atom. The number of benzene rings is 2. The van der Waals surface area contributed by atoms with Crippen LogP contribution in [-0.2, 0) is 6.54 Å². The van der Waals surface area contributed by atoms with Gasteiger partial charge in [-0.3, -0.25) is 0 Å². The number of ether oxygens (including phenoxy) is 2. The number of aryl methyl sites for hydroxylation is 1. The predicted molar refractivity (Wildman–Crippen MR) is 119 cm³/mol. The number of hydrazone groups is 1. The van der Waals surface area contributed by atoms with E-state index in [1.807, 2.05) is 50.4 Å². The van der Waals surface area contributed by atoms with Crippen molar-refractivity contribution < 1.29 is 9.47 Å². The highest BCUT2D eigenvalue weighted by Crippen LogP contribution is 2.29. The molecule has 3 aromatic rings. The van der Waals surface area contributed by atoms with Crippen LogP contribution in [0.25, 0.3) is 5.69 Å². The minimum absolute atomic E-state index is 0.568. The highest BCUT2D eigenvalue weighted by atomic mass is 35.5. The van der Waals surface area contributed by atoms with Crippen molar-refractivity contribution in [2.45, 2.75) is 20.4 Å². The molecule has 0 amide bonds. The lowest BCUT2D eigenvalue weighted by Gasteiger charge is -2.11. The summed E-state index contributed by atoms with van der Waals surface area (Å²) in [7, 11) is 3.24. The summed E-state index contributed by atoms with van der Waals surface area (Å²) in [5.74, 6) is 1.40. The van der Waals surface area contributed by atoms with E-state index < -0.39 is 0 Å². The lowest BCUT2D eigenvalue weighted by molar-refractivity contribution is 0.354. The van der Waals surface area contributed by atoms with Gasteiger partial charge in [0.25, 0.3) is 0 Å². The summed E-state index contributed by atoms with van der Waals surface area (Å²) in [5, 5.41) is 5.59. The standard InChI is InChI=1S/C22H23Cl2N3O2/c1-14-9-17(15(2)27(14)20-7-6-18(23)11-19(20)24)13-26-25-12-16-5-8-21(28-3)22(10-16)29-4/h5-11,13,25H,12H2,1-4H3/b26-13+. The average Bonchev–Trinajstić information content (AvgIpc) is 2.98. The Balaban J connectivity index is 1.73. The molecule has 0 fully saturated rings. The summed E-state index contributed by atoms with van der Waals surface area (Å²) in [4.78, 5) is 0. The molecule has 3 rings (SSSR count). The molecule has 0 aliphatic heterocycles. The molecule has 0 aliphatic rings. The molecule has 0 bridgehead atoms. The number of hydrogen-bond acceptors (Lipinski definition) is 4. The van der Waals surface area contributed by atoms with Gasteiger partial charge in [0.1, 0.15) is 0 Å². The topological polar surface area (TPSA) is 47.8 Å². The number of aromatic nitrogens is 1. The number of methoxy groups -OCH3 is 2. The Hall–Kier alpha value is -2.63. The molecule has 1 heterocycles. The first-order valence-electron chi connectivity index (χ1n) is 9.05. The molecular weight excluding hydrogens is 409 g/mol. The summed E-state index contributed by atoms with van der Waals surface area (Å²) in [6.07, 6.45) is 1.81. The first-order valence-corrected chi connectivity index (χ1v) is 9.81. The van der Waals surface area contributed by atoms with Crippen molar-refractivity contribution in [3.05, 3.63) is 75.0 Å². The number of rotatable bonds is 7. The molecule has 2 aromatic carbocycles. The summed E-state index contributed by atoms with van der Waals surface area (Å²) in [6, 6.07) is 13.3. The van der Waals surface area contributed by atoms with Crippen molar-refractivity contribution in [1.29, 1.82) is 0 Å². The zero-order valence-corrected chi connectivity index (χ0v) is 18.3. The van der Waals surface area contributed by atoms with Gasteiger partial charge in [-0.2, -0.15) is 5.10 Å². The van der Waals surface area contributed by atoms with Crippen LogP contribution in [0.2, 0.25) is 10.0 Å². The molecule has 1 N–H and O–H groups in total. The van der Waals surface area contributed by atoms with Crippen molar-refractivity contribution in [2.24, 2.45) is 5.10 Å². The van der Waals surface area contributed by atoms with E-state index >= 15 is 0 Å². The molecule has 7 heteroatoms. The van der Waals surface area contributed by atoms with Gasteiger partial charge in [-0.05, 0) is 55.8 Å². The number of halogens is 2. The van der Waals surface area contributed by atoms with E-state index in [2.05, 4.69) is 21.2 Å². The first-order chi connectivity index (χ1) is 13.9. The molecule has 0 saturated carbocycles. The predicted octanol–water partition coefficient (Wildman–Crippen LogP) is 5.54. The van der Waals surface area contributed by atoms with Crippen LogP contribution in [0.5, 0.6) is 11.5 Å². The Bertz CT molecular complexity index is 1040. The van der Waals surface area contributed by atoms with Crippen molar-refractivity contribution in [3.63, 3.8) is 0 Å². The van der Waals surface area contributed by atoms with E-state index in [4.69, 9.17) is 32.7 Å². The Morgan fingerprint density at radius 1 is 1.00 bits per heavy atom. The Kier molecular flexibility index (Phi) is 6.72. The van der Waals surface area contributed by atoms with Gasteiger partial charge in [-0.25, -0.2) is 0 Å². The van der Waals surface area contributed by atoms with Crippen molar-refractivity contribution >= 4 is 29.4 Å². The normalized spacial score (nSPS) is 11.1. The molecule has 0 atom stereocenters. The third-order valence-corrected chi connectivity index (χ3v) is 5.18. The van der Waals surface area contributed by atoms with Gasteiger partial charge in [-0.1, -0.05) is 29.3 Å². The van der Waals surface area contributed by atoms with Gasteiger partial charge >= 0.3 is 0 Å². The third kappa shape index (κ3) is 4.69.